The van der Waals surface area contributed by atoms with Crippen LogP contribution in [0.25, 0.3) is 6.08 Å². The van der Waals surface area contributed by atoms with Gasteiger partial charge in [0.15, 0.2) is 0 Å². The number of pyridine rings is 1. The van der Waals surface area contributed by atoms with Crippen LogP contribution in [0.5, 0.6) is 0 Å². The van der Waals surface area contributed by atoms with E-state index in [-0.39, 0.29) is 16.8 Å². The Morgan fingerprint density at radius 1 is 1.18 bits per heavy atom. The summed E-state index contributed by atoms with van der Waals surface area (Å²) in [5.41, 5.74) is 0.604. The summed E-state index contributed by atoms with van der Waals surface area (Å²) < 4.78 is 0. The van der Waals surface area contributed by atoms with E-state index < -0.39 is 11.9 Å². The molecule has 1 aromatic heterocycles. The molecule has 0 aliphatic rings. The maximum atomic E-state index is 12.1. The third-order valence-corrected chi connectivity index (χ3v) is 2.79. The van der Waals surface area contributed by atoms with Gasteiger partial charge in [-0.3, -0.25) is 9.78 Å². The average Bonchev–Trinajstić information content (AvgIpc) is 2.53. The van der Waals surface area contributed by atoms with E-state index in [1.54, 1.807) is 42.7 Å². The van der Waals surface area contributed by atoms with Crippen molar-refractivity contribution >= 4 is 23.6 Å². The number of nitrogens with one attached hydrogen (secondary N) is 1. The molecule has 2 N–H and O–H groups in total. The Kier molecular flexibility index (Phi) is 4.63. The van der Waals surface area contributed by atoms with E-state index in [1.165, 1.54) is 18.2 Å². The molecule has 1 amide bonds. The number of carboxylic acid groups (broad SMARTS) is 1. The minimum absolute atomic E-state index is 0.0444. The third-order valence-electron chi connectivity index (χ3n) is 2.79. The summed E-state index contributed by atoms with van der Waals surface area (Å²) in [4.78, 5) is 27.1. The molecule has 0 unspecified atom stereocenters. The second kappa shape index (κ2) is 6.81. The topological polar surface area (TPSA) is 103 Å². The fourth-order valence-corrected chi connectivity index (χ4v) is 1.74. The second-order valence-corrected chi connectivity index (χ2v) is 4.26. The summed E-state index contributed by atoms with van der Waals surface area (Å²) in [6, 6.07) is 11.1. The molecular weight excluding hydrogens is 282 g/mol. The predicted octanol–water partition coefficient (Wildman–Crippen LogP) is 2.33. The van der Waals surface area contributed by atoms with Crippen molar-refractivity contribution < 1.29 is 14.7 Å². The number of nitriles is 1. The summed E-state index contributed by atoms with van der Waals surface area (Å²) in [5.74, 6) is -1.83. The molecule has 0 radical (unpaired) electrons. The number of amides is 1. The highest BCUT2D eigenvalue weighted by Gasteiger charge is 2.14. The fourth-order valence-electron chi connectivity index (χ4n) is 1.74. The average molecular weight is 293 g/mol. The summed E-state index contributed by atoms with van der Waals surface area (Å²) in [6.45, 7) is 0. The highest BCUT2D eigenvalue weighted by Crippen LogP contribution is 2.16. The van der Waals surface area contributed by atoms with Crippen LogP contribution in [0.2, 0.25) is 0 Å². The normalized spacial score (nSPS) is 10.6. The van der Waals surface area contributed by atoms with Gasteiger partial charge < -0.3 is 10.4 Å². The molecule has 0 saturated heterocycles. The summed E-state index contributed by atoms with van der Waals surface area (Å²) in [7, 11) is 0. The Bertz CT molecular complexity index is 777. The molecule has 22 heavy (non-hydrogen) atoms. The molecule has 0 fully saturated rings. The van der Waals surface area contributed by atoms with Crippen LogP contribution >= 0.6 is 0 Å². The summed E-state index contributed by atoms with van der Waals surface area (Å²) in [6.07, 6.45) is 4.48. The van der Waals surface area contributed by atoms with Crippen molar-refractivity contribution in [2.24, 2.45) is 0 Å². The number of para-hydroxylation sites is 1. The van der Waals surface area contributed by atoms with Crippen molar-refractivity contribution in [2.75, 3.05) is 5.32 Å². The zero-order chi connectivity index (χ0) is 15.9. The molecule has 0 aliphatic carbocycles. The number of rotatable bonds is 4. The monoisotopic (exact) mass is 293 g/mol. The smallest absolute Gasteiger partial charge is 0.337 e. The van der Waals surface area contributed by atoms with Crippen molar-refractivity contribution in [3.8, 4) is 6.07 Å². The molecule has 6 heteroatoms. The molecule has 108 valence electrons. The van der Waals surface area contributed by atoms with Crippen molar-refractivity contribution in [3.63, 3.8) is 0 Å². The van der Waals surface area contributed by atoms with Gasteiger partial charge in [0, 0.05) is 12.4 Å². The number of benzene rings is 1. The van der Waals surface area contributed by atoms with Crippen LogP contribution in [-0.2, 0) is 4.79 Å². The molecule has 0 saturated carbocycles. The number of carbonyl (C=O) groups excluding carboxylic acids is 1. The minimum Gasteiger partial charge on any atom is -0.478 e. The van der Waals surface area contributed by atoms with E-state index >= 15 is 0 Å². The first-order valence-corrected chi connectivity index (χ1v) is 6.27. The van der Waals surface area contributed by atoms with Gasteiger partial charge in [0.1, 0.15) is 11.6 Å². The van der Waals surface area contributed by atoms with E-state index in [0.29, 0.717) is 5.56 Å². The van der Waals surface area contributed by atoms with Crippen molar-refractivity contribution in [1.29, 1.82) is 5.26 Å². The molecule has 2 aromatic rings. The standard InChI is InChI=1S/C16H11N3O3/c17-10-12(9-11-5-7-18-8-6-11)15(20)19-14-4-2-1-3-13(14)16(21)22/h1-9H,(H,19,20)(H,21,22)/b12-9+. The molecule has 0 aliphatic heterocycles. The van der Waals surface area contributed by atoms with Crippen LogP contribution in [0.3, 0.4) is 0 Å². The van der Waals surface area contributed by atoms with Crippen molar-refractivity contribution in [3.05, 3.63) is 65.5 Å². The molecule has 6 nitrogen and oxygen atoms in total. The molecule has 0 bridgehead atoms. The summed E-state index contributed by atoms with van der Waals surface area (Å²) in [5, 5.41) is 20.6. The molecule has 0 atom stereocenters. The lowest BCUT2D eigenvalue weighted by Crippen LogP contribution is -2.16. The van der Waals surface area contributed by atoms with Crippen LogP contribution in [0.1, 0.15) is 15.9 Å². The Hall–Kier alpha value is -3.46. The lowest BCUT2D eigenvalue weighted by molar-refractivity contribution is -0.112. The van der Waals surface area contributed by atoms with Crippen LogP contribution < -0.4 is 5.32 Å². The van der Waals surface area contributed by atoms with E-state index in [9.17, 15) is 9.59 Å². The van der Waals surface area contributed by atoms with Gasteiger partial charge in [0.05, 0.1) is 11.3 Å². The first-order chi connectivity index (χ1) is 10.6. The molecular formula is C16H11N3O3. The molecule has 1 heterocycles. The SMILES string of the molecule is N#C/C(=C\c1ccncc1)C(=O)Nc1ccccc1C(=O)O. The van der Waals surface area contributed by atoms with Gasteiger partial charge in [-0.2, -0.15) is 5.26 Å². The van der Waals surface area contributed by atoms with Gasteiger partial charge >= 0.3 is 5.97 Å². The Morgan fingerprint density at radius 3 is 2.50 bits per heavy atom. The van der Waals surface area contributed by atoms with Crippen molar-refractivity contribution in [1.82, 2.24) is 4.98 Å². The zero-order valence-corrected chi connectivity index (χ0v) is 11.4. The number of hydrogen-bond acceptors (Lipinski definition) is 4. The minimum atomic E-state index is -1.16. The quantitative estimate of drug-likeness (QED) is 0.665. The zero-order valence-electron chi connectivity index (χ0n) is 11.4. The van der Waals surface area contributed by atoms with E-state index in [0.717, 1.165) is 0 Å². The highest BCUT2D eigenvalue weighted by atomic mass is 16.4. The Balaban J connectivity index is 2.27. The molecule has 2 rings (SSSR count). The molecule has 0 spiro atoms. The van der Waals surface area contributed by atoms with Gasteiger partial charge in [0.25, 0.3) is 5.91 Å². The first-order valence-electron chi connectivity index (χ1n) is 6.27. The van der Waals surface area contributed by atoms with Crippen LogP contribution in [-0.4, -0.2) is 22.0 Å². The number of aromatic carboxylic acids is 1. The number of aromatic nitrogens is 1. The Morgan fingerprint density at radius 2 is 1.86 bits per heavy atom. The van der Waals surface area contributed by atoms with Crippen LogP contribution in [0.4, 0.5) is 5.69 Å². The number of anilines is 1. The number of nitrogens with zero attached hydrogens (tertiary/aromatic N) is 2. The molecule has 1 aromatic carbocycles. The van der Waals surface area contributed by atoms with E-state index in [4.69, 9.17) is 10.4 Å². The van der Waals surface area contributed by atoms with Gasteiger partial charge in [-0.1, -0.05) is 12.1 Å². The lowest BCUT2D eigenvalue weighted by Gasteiger charge is -2.07. The van der Waals surface area contributed by atoms with Crippen LogP contribution in [0, 0.1) is 11.3 Å². The first kappa shape index (κ1) is 14.9. The third kappa shape index (κ3) is 3.55. The summed E-state index contributed by atoms with van der Waals surface area (Å²) >= 11 is 0. The van der Waals surface area contributed by atoms with Crippen LogP contribution in [0.15, 0.2) is 54.4 Å². The number of hydrogen-bond donors (Lipinski definition) is 2. The van der Waals surface area contributed by atoms with Gasteiger partial charge in [0.2, 0.25) is 0 Å². The van der Waals surface area contributed by atoms with Gasteiger partial charge in [-0.05, 0) is 35.9 Å². The van der Waals surface area contributed by atoms with E-state index in [1.807, 2.05) is 0 Å². The predicted molar refractivity (Wildman–Crippen MR) is 79.9 cm³/mol. The van der Waals surface area contributed by atoms with Gasteiger partial charge in [-0.15, -0.1) is 0 Å². The maximum absolute atomic E-state index is 12.1. The van der Waals surface area contributed by atoms with E-state index in [2.05, 4.69) is 10.3 Å². The van der Waals surface area contributed by atoms with Crippen molar-refractivity contribution in [2.45, 2.75) is 0 Å². The van der Waals surface area contributed by atoms with Gasteiger partial charge in [-0.25, -0.2) is 4.79 Å². The maximum Gasteiger partial charge on any atom is 0.337 e. The largest absolute Gasteiger partial charge is 0.478 e. The fraction of sp³-hybridized carbons (Fsp3) is 0. The Labute approximate surface area is 126 Å². The second-order valence-electron chi connectivity index (χ2n) is 4.26. The highest BCUT2D eigenvalue weighted by molar-refractivity contribution is 6.11. The lowest BCUT2D eigenvalue weighted by atomic mass is 10.1. The number of carboxylic acids is 1. The number of carbonyl (C=O) groups is 2.